The quantitative estimate of drug-likeness (QED) is 0.669. The van der Waals surface area contributed by atoms with Gasteiger partial charge in [-0.15, -0.1) is 0 Å². The SMILES string of the molecule is CCCN(CCC(C)C)C(=S)NCCC(C)C. The largest absolute Gasteiger partial charge is 0.363 e. The Balaban J connectivity index is 3.96. The topological polar surface area (TPSA) is 15.3 Å². The van der Waals surface area contributed by atoms with E-state index in [2.05, 4.69) is 44.8 Å². The van der Waals surface area contributed by atoms with Crippen molar-refractivity contribution in [3.05, 3.63) is 0 Å². The van der Waals surface area contributed by atoms with Crippen LogP contribution in [0.1, 0.15) is 53.9 Å². The lowest BCUT2D eigenvalue weighted by molar-refractivity contribution is 0.373. The van der Waals surface area contributed by atoms with Crippen molar-refractivity contribution in [1.29, 1.82) is 0 Å². The third kappa shape index (κ3) is 9.40. The fourth-order valence-corrected chi connectivity index (χ4v) is 1.86. The van der Waals surface area contributed by atoms with E-state index in [0.717, 1.165) is 43.0 Å². The maximum absolute atomic E-state index is 5.46. The molecule has 102 valence electrons. The summed E-state index contributed by atoms with van der Waals surface area (Å²) in [5.74, 6) is 1.48. The van der Waals surface area contributed by atoms with Gasteiger partial charge in [0, 0.05) is 19.6 Å². The molecule has 0 aliphatic rings. The van der Waals surface area contributed by atoms with Crippen molar-refractivity contribution in [3.8, 4) is 0 Å². The highest BCUT2D eigenvalue weighted by atomic mass is 32.1. The van der Waals surface area contributed by atoms with Gasteiger partial charge in [-0.3, -0.25) is 0 Å². The van der Waals surface area contributed by atoms with Crippen LogP contribution in [0.2, 0.25) is 0 Å². The van der Waals surface area contributed by atoms with Crippen LogP contribution in [0, 0.1) is 11.8 Å². The summed E-state index contributed by atoms with van der Waals surface area (Å²) in [7, 11) is 0. The van der Waals surface area contributed by atoms with Crippen molar-refractivity contribution in [2.75, 3.05) is 19.6 Å². The third-order valence-electron chi connectivity index (χ3n) is 2.76. The van der Waals surface area contributed by atoms with Gasteiger partial charge in [-0.05, 0) is 43.3 Å². The van der Waals surface area contributed by atoms with Crippen LogP contribution in [0.4, 0.5) is 0 Å². The Kier molecular flexibility index (Phi) is 9.52. The van der Waals surface area contributed by atoms with Gasteiger partial charge in [0.2, 0.25) is 0 Å². The molecule has 17 heavy (non-hydrogen) atoms. The number of nitrogens with zero attached hydrogens (tertiary/aromatic N) is 1. The lowest BCUT2D eigenvalue weighted by Gasteiger charge is -2.26. The minimum atomic E-state index is 0.737. The van der Waals surface area contributed by atoms with Crippen LogP contribution in [0.15, 0.2) is 0 Å². The van der Waals surface area contributed by atoms with Gasteiger partial charge in [0.05, 0.1) is 0 Å². The fraction of sp³-hybridized carbons (Fsp3) is 0.929. The highest BCUT2D eigenvalue weighted by molar-refractivity contribution is 7.80. The first-order valence-electron chi connectivity index (χ1n) is 7.00. The zero-order valence-corrected chi connectivity index (χ0v) is 13.1. The number of thiocarbonyl (C=S) groups is 1. The zero-order chi connectivity index (χ0) is 13.3. The van der Waals surface area contributed by atoms with Crippen molar-refractivity contribution in [3.63, 3.8) is 0 Å². The molecule has 0 fully saturated rings. The summed E-state index contributed by atoms with van der Waals surface area (Å²) in [4.78, 5) is 2.32. The van der Waals surface area contributed by atoms with E-state index < -0.39 is 0 Å². The summed E-state index contributed by atoms with van der Waals surface area (Å²) in [6.07, 6.45) is 3.56. The Morgan fingerprint density at radius 2 is 1.65 bits per heavy atom. The molecule has 0 heterocycles. The Labute approximate surface area is 113 Å². The van der Waals surface area contributed by atoms with Crippen LogP contribution in [-0.2, 0) is 0 Å². The molecule has 1 N–H and O–H groups in total. The number of hydrogen-bond acceptors (Lipinski definition) is 1. The van der Waals surface area contributed by atoms with Crippen LogP contribution in [0.3, 0.4) is 0 Å². The standard InChI is InChI=1S/C14H30N2S/c1-6-10-16(11-8-13(4)5)14(17)15-9-7-12(2)3/h12-13H,6-11H2,1-5H3,(H,15,17). The second-order valence-electron chi connectivity index (χ2n) is 5.58. The van der Waals surface area contributed by atoms with E-state index in [9.17, 15) is 0 Å². The first kappa shape index (κ1) is 16.7. The lowest BCUT2D eigenvalue weighted by atomic mass is 10.1. The van der Waals surface area contributed by atoms with Crippen LogP contribution in [0.25, 0.3) is 0 Å². The Morgan fingerprint density at radius 1 is 1.06 bits per heavy atom. The molecule has 0 aromatic heterocycles. The van der Waals surface area contributed by atoms with Crippen molar-refractivity contribution in [2.24, 2.45) is 11.8 Å². The van der Waals surface area contributed by atoms with Crippen LogP contribution < -0.4 is 5.32 Å². The molecule has 0 aliphatic carbocycles. The number of hydrogen-bond donors (Lipinski definition) is 1. The molecule has 0 aliphatic heterocycles. The zero-order valence-electron chi connectivity index (χ0n) is 12.3. The van der Waals surface area contributed by atoms with Gasteiger partial charge in [0.1, 0.15) is 0 Å². The molecule has 0 rings (SSSR count). The van der Waals surface area contributed by atoms with Gasteiger partial charge in [-0.1, -0.05) is 34.6 Å². The Morgan fingerprint density at radius 3 is 2.12 bits per heavy atom. The average molecular weight is 258 g/mol. The van der Waals surface area contributed by atoms with Gasteiger partial charge in [-0.2, -0.15) is 0 Å². The normalized spacial score (nSPS) is 11.0. The number of rotatable bonds is 8. The van der Waals surface area contributed by atoms with Crippen LogP contribution in [-0.4, -0.2) is 29.6 Å². The summed E-state index contributed by atoms with van der Waals surface area (Å²) in [6.45, 7) is 14.4. The summed E-state index contributed by atoms with van der Waals surface area (Å²) in [5, 5.41) is 4.32. The van der Waals surface area contributed by atoms with Gasteiger partial charge in [-0.25, -0.2) is 0 Å². The van der Waals surface area contributed by atoms with Gasteiger partial charge in [0.15, 0.2) is 5.11 Å². The first-order valence-corrected chi connectivity index (χ1v) is 7.40. The molecular weight excluding hydrogens is 228 g/mol. The van der Waals surface area contributed by atoms with Crippen molar-refractivity contribution in [2.45, 2.75) is 53.9 Å². The van der Waals surface area contributed by atoms with Crippen molar-refractivity contribution < 1.29 is 0 Å². The molecule has 0 unspecified atom stereocenters. The van der Waals surface area contributed by atoms with Gasteiger partial charge in [0.25, 0.3) is 0 Å². The lowest BCUT2D eigenvalue weighted by Crippen LogP contribution is -2.41. The molecule has 0 aromatic carbocycles. The molecule has 0 amide bonds. The van der Waals surface area contributed by atoms with Crippen molar-refractivity contribution in [1.82, 2.24) is 10.2 Å². The van der Waals surface area contributed by atoms with E-state index in [1.807, 2.05) is 0 Å². The van der Waals surface area contributed by atoms with Gasteiger partial charge < -0.3 is 10.2 Å². The predicted molar refractivity (Wildman–Crippen MR) is 81.4 cm³/mol. The van der Waals surface area contributed by atoms with E-state index >= 15 is 0 Å². The minimum absolute atomic E-state index is 0.737. The number of nitrogens with one attached hydrogen (secondary N) is 1. The smallest absolute Gasteiger partial charge is 0.168 e. The maximum Gasteiger partial charge on any atom is 0.168 e. The molecule has 3 heteroatoms. The highest BCUT2D eigenvalue weighted by Gasteiger charge is 2.08. The second kappa shape index (κ2) is 9.69. The summed E-state index contributed by atoms with van der Waals surface area (Å²) >= 11 is 5.46. The highest BCUT2D eigenvalue weighted by Crippen LogP contribution is 2.04. The Hall–Kier alpha value is -0.310. The third-order valence-corrected chi connectivity index (χ3v) is 3.16. The molecule has 0 saturated carbocycles. The van der Waals surface area contributed by atoms with E-state index in [4.69, 9.17) is 12.2 Å². The van der Waals surface area contributed by atoms with Crippen molar-refractivity contribution >= 4 is 17.3 Å². The van der Waals surface area contributed by atoms with E-state index in [1.165, 1.54) is 12.8 Å². The van der Waals surface area contributed by atoms with E-state index in [1.54, 1.807) is 0 Å². The first-order chi connectivity index (χ1) is 7.97. The average Bonchev–Trinajstić information content (AvgIpc) is 2.23. The minimum Gasteiger partial charge on any atom is -0.363 e. The molecule has 0 radical (unpaired) electrons. The molecule has 0 bridgehead atoms. The summed E-state index contributed by atoms with van der Waals surface area (Å²) in [6, 6.07) is 0. The fourth-order valence-electron chi connectivity index (χ4n) is 1.58. The monoisotopic (exact) mass is 258 g/mol. The maximum atomic E-state index is 5.46. The Bertz CT molecular complexity index is 202. The molecule has 0 saturated heterocycles. The summed E-state index contributed by atoms with van der Waals surface area (Å²) < 4.78 is 0. The van der Waals surface area contributed by atoms with Gasteiger partial charge >= 0.3 is 0 Å². The molecule has 0 aromatic rings. The van der Waals surface area contributed by atoms with E-state index in [0.29, 0.717) is 0 Å². The molecular formula is C14H30N2S. The van der Waals surface area contributed by atoms with Crippen LogP contribution >= 0.6 is 12.2 Å². The summed E-state index contributed by atoms with van der Waals surface area (Å²) in [5.41, 5.74) is 0. The predicted octanol–water partition coefficient (Wildman–Crippen LogP) is 3.67. The molecule has 2 nitrogen and oxygen atoms in total. The van der Waals surface area contributed by atoms with E-state index in [-0.39, 0.29) is 0 Å². The van der Waals surface area contributed by atoms with Crippen LogP contribution in [0.5, 0.6) is 0 Å². The molecule has 0 spiro atoms. The molecule has 0 atom stereocenters. The second-order valence-corrected chi connectivity index (χ2v) is 5.97.